The Morgan fingerprint density at radius 2 is 2.17 bits per heavy atom. The van der Waals surface area contributed by atoms with Crippen molar-refractivity contribution in [1.82, 2.24) is 10.3 Å². The van der Waals surface area contributed by atoms with E-state index in [0.29, 0.717) is 24.2 Å². The van der Waals surface area contributed by atoms with Gasteiger partial charge in [-0.1, -0.05) is 12.1 Å². The van der Waals surface area contributed by atoms with Gasteiger partial charge in [-0.25, -0.2) is 18.5 Å². The molecule has 8 nitrogen and oxygen atoms in total. The number of amides is 2. The Labute approximate surface area is 174 Å². The number of fused-ring (bicyclic) bond motifs is 1. The highest BCUT2D eigenvalue weighted by Crippen LogP contribution is 2.38. The monoisotopic (exact) mass is 430 g/mol. The van der Waals surface area contributed by atoms with Crippen LogP contribution in [0.1, 0.15) is 24.5 Å². The summed E-state index contributed by atoms with van der Waals surface area (Å²) in [4.78, 5) is 16.3. The van der Waals surface area contributed by atoms with E-state index in [1.165, 1.54) is 24.5 Å². The number of carbonyl (C=O) groups is 1. The Hall–Kier alpha value is -3.11. The molecule has 0 aliphatic heterocycles. The van der Waals surface area contributed by atoms with Crippen LogP contribution >= 0.6 is 0 Å². The summed E-state index contributed by atoms with van der Waals surface area (Å²) in [5.41, 5.74) is 3.11. The molecule has 1 unspecified atom stereocenters. The van der Waals surface area contributed by atoms with E-state index in [4.69, 9.17) is 10.5 Å². The number of benzene rings is 1. The van der Waals surface area contributed by atoms with Gasteiger partial charge in [0.15, 0.2) is 9.92 Å². The van der Waals surface area contributed by atoms with Crippen LogP contribution in [0.15, 0.2) is 47.2 Å². The molecule has 3 rings (SSSR count). The number of nitrogens with two attached hydrogens (primary N) is 1. The molecule has 2 aromatic rings. The second kappa shape index (κ2) is 9.14. The molecule has 2 amide bonds. The van der Waals surface area contributed by atoms with Crippen molar-refractivity contribution in [2.24, 2.45) is 9.50 Å². The van der Waals surface area contributed by atoms with Crippen molar-refractivity contribution in [2.45, 2.75) is 26.2 Å². The summed E-state index contributed by atoms with van der Waals surface area (Å²) < 4.78 is 30.4. The van der Waals surface area contributed by atoms with Gasteiger partial charge < -0.3 is 10.6 Å². The first-order valence-electron chi connectivity index (χ1n) is 9.42. The SMILES string of the molecule is CCN/C=C\C(=N)S(N)(=O)=NC(=O)Nc1c(-c2ccncc2F)ccc2c1CCC2. The van der Waals surface area contributed by atoms with E-state index >= 15 is 0 Å². The average molecular weight is 431 g/mol. The Bertz CT molecular complexity index is 1140. The fourth-order valence-electron chi connectivity index (χ4n) is 3.28. The first kappa shape index (κ1) is 21.6. The number of rotatable bonds is 5. The third kappa shape index (κ3) is 4.71. The minimum atomic E-state index is -3.72. The number of aromatic nitrogens is 1. The first-order chi connectivity index (χ1) is 14.3. The number of aryl methyl sites for hydroxylation is 1. The number of hydrogen-bond donors (Lipinski definition) is 4. The topological polar surface area (TPSA) is 133 Å². The quantitative estimate of drug-likeness (QED) is 0.427. The first-order valence-corrected chi connectivity index (χ1v) is 11.0. The fraction of sp³-hybridized carbons (Fsp3) is 0.250. The number of anilines is 1. The van der Waals surface area contributed by atoms with Crippen LogP contribution in [-0.4, -0.2) is 26.8 Å². The summed E-state index contributed by atoms with van der Waals surface area (Å²) >= 11 is 0. The predicted molar refractivity (Wildman–Crippen MR) is 116 cm³/mol. The van der Waals surface area contributed by atoms with Crippen LogP contribution in [0.4, 0.5) is 14.9 Å². The molecule has 0 spiro atoms. The maximum absolute atomic E-state index is 14.4. The van der Waals surface area contributed by atoms with Crippen molar-refractivity contribution in [3.05, 3.63) is 59.8 Å². The Morgan fingerprint density at radius 1 is 1.37 bits per heavy atom. The van der Waals surface area contributed by atoms with Crippen LogP contribution in [-0.2, 0) is 22.8 Å². The molecular weight excluding hydrogens is 407 g/mol. The van der Waals surface area contributed by atoms with Crippen LogP contribution in [0.25, 0.3) is 11.1 Å². The van der Waals surface area contributed by atoms with Gasteiger partial charge >= 0.3 is 6.03 Å². The van der Waals surface area contributed by atoms with E-state index in [1.54, 1.807) is 6.07 Å². The number of nitrogens with one attached hydrogen (secondary N) is 3. The summed E-state index contributed by atoms with van der Waals surface area (Å²) in [5.74, 6) is -0.527. The fourth-order valence-corrected chi connectivity index (χ4v) is 3.93. The second-order valence-corrected chi connectivity index (χ2v) is 8.44. The Kier molecular flexibility index (Phi) is 6.58. The van der Waals surface area contributed by atoms with E-state index in [1.807, 2.05) is 13.0 Å². The van der Waals surface area contributed by atoms with Gasteiger partial charge in [-0.3, -0.25) is 10.4 Å². The van der Waals surface area contributed by atoms with Crippen molar-refractivity contribution < 1.29 is 13.4 Å². The lowest BCUT2D eigenvalue weighted by molar-refractivity contribution is 0.260. The van der Waals surface area contributed by atoms with Gasteiger partial charge in [0.25, 0.3) is 0 Å². The zero-order valence-corrected chi connectivity index (χ0v) is 17.3. The summed E-state index contributed by atoms with van der Waals surface area (Å²) in [6.07, 6.45) is 7.64. The molecule has 0 radical (unpaired) electrons. The highest BCUT2D eigenvalue weighted by Gasteiger charge is 2.22. The molecule has 0 bridgehead atoms. The third-order valence-corrected chi connectivity index (χ3v) is 5.87. The average Bonchev–Trinajstić information content (AvgIpc) is 3.18. The van der Waals surface area contributed by atoms with E-state index < -0.39 is 26.8 Å². The molecule has 1 atom stereocenters. The van der Waals surface area contributed by atoms with Crippen LogP contribution in [0.5, 0.6) is 0 Å². The van der Waals surface area contributed by atoms with Gasteiger partial charge in [0.1, 0.15) is 10.9 Å². The zero-order valence-electron chi connectivity index (χ0n) is 16.4. The summed E-state index contributed by atoms with van der Waals surface area (Å²) in [7, 11) is -3.72. The van der Waals surface area contributed by atoms with Crippen molar-refractivity contribution in [2.75, 3.05) is 11.9 Å². The lowest BCUT2D eigenvalue weighted by Gasteiger charge is -2.15. The minimum absolute atomic E-state index is 0.282. The number of pyridine rings is 1. The molecular formula is C20H23FN6O2S. The van der Waals surface area contributed by atoms with E-state index in [2.05, 4.69) is 20.0 Å². The maximum Gasteiger partial charge on any atom is 0.354 e. The molecule has 1 aliphatic carbocycles. The molecule has 1 aromatic carbocycles. The highest BCUT2D eigenvalue weighted by molar-refractivity contribution is 8.06. The molecule has 0 saturated heterocycles. The molecule has 30 heavy (non-hydrogen) atoms. The Morgan fingerprint density at radius 3 is 2.90 bits per heavy atom. The summed E-state index contributed by atoms with van der Waals surface area (Å²) in [5, 5.41) is 18.4. The normalized spacial score (nSPS) is 14.8. The van der Waals surface area contributed by atoms with Crippen molar-refractivity contribution in [3.8, 4) is 11.1 Å². The van der Waals surface area contributed by atoms with Crippen molar-refractivity contribution in [3.63, 3.8) is 0 Å². The number of hydrogen-bond acceptors (Lipinski definition) is 5. The standard InChI is InChI=1S/C20H23FN6O2S/c1-2-24-11-9-18(22)30(23,29)27-20(28)26-19-14-5-3-4-13(14)6-7-16(19)15-8-10-25-12-17(15)21/h6-12,22,24H,2-5H2,1H3,(H3,23,26,27,28,29)/b11-9-,22-18?. The van der Waals surface area contributed by atoms with Crippen molar-refractivity contribution >= 4 is 26.7 Å². The molecule has 0 saturated carbocycles. The van der Waals surface area contributed by atoms with Gasteiger partial charge in [-0.15, -0.1) is 4.36 Å². The molecule has 1 aliphatic rings. The van der Waals surface area contributed by atoms with Crippen LogP contribution in [0, 0.1) is 11.2 Å². The van der Waals surface area contributed by atoms with Crippen LogP contribution < -0.4 is 15.8 Å². The van der Waals surface area contributed by atoms with E-state index in [9.17, 15) is 13.4 Å². The molecule has 158 valence electrons. The van der Waals surface area contributed by atoms with Gasteiger partial charge in [0.2, 0.25) is 0 Å². The van der Waals surface area contributed by atoms with Gasteiger partial charge in [0.05, 0.1) is 11.9 Å². The van der Waals surface area contributed by atoms with Crippen LogP contribution in [0.3, 0.4) is 0 Å². The van der Waals surface area contributed by atoms with Gasteiger partial charge in [-0.2, -0.15) is 0 Å². The van der Waals surface area contributed by atoms with Gasteiger partial charge in [-0.05, 0) is 55.7 Å². The lowest BCUT2D eigenvalue weighted by Crippen LogP contribution is -2.24. The Balaban J connectivity index is 1.97. The highest BCUT2D eigenvalue weighted by atomic mass is 32.2. The smallest absolute Gasteiger partial charge is 0.354 e. The van der Waals surface area contributed by atoms with E-state index in [0.717, 1.165) is 30.2 Å². The molecule has 1 aromatic heterocycles. The van der Waals surface area contributed by atoms with E-state index in [-0.39, 0.29) is 5.56 Å². The minimum Gasteiger partial charge on any atom is -0.391 e. The summed E-state index contributed by atoms with van der Waals surface area (Å²) in [6.45, 7) is 2.47. The van der Waals surface area contributed by atoms with Crippen LogP contribution in [0.2, 0.25) is 0 Å². The number of nitrogens with zero attached hydrogens (tertiary/aromatic N) is 2. The third-order valence-electron chi connectivity index (χ3n) is 4.67. The molecule has 5 N–H and O–H groups in total. The molecule has 10 heteroatoms. The number of carbonyl (C=O) groups excluding carboxylic acids is 1. The van der Waals surface area contributed by atoms with Gasteiger partial charge in [0, 0.05) is 23.9 Å². The summed E-state index contributed by atoms with van der Waals surface area (Å²) in [6, 6.07) is 4.21. The predicted octanol–water partition coefficient (Wildman–Crippen LogP) is 3.35. The maximum atomic E-state index is 14.4. The zero-order chi connectivity index (χ0) is 21.7. The number of urea groups is 1. The molecule has 1 heterocycles. The second-order valence-electron chi connectivity index (χ2n) is 6.68. The molecule has 0 fully saturated rings. The van der Waals surface area contributed by atoms with Crippen molar-refractivity contribution in [1.29, 1.82) is 5.41 Å². The largest absolute Gasteiger partial charge is 0.391 e. The lowest BCUT2D eigenvalue weighted by atomic mass is 9.97. The number of halogens is 1.